The number of alkyl halides is 1. The van der Waals surface area contributed by atoms with Crippen LogP contribution >= 0.6 is 11.6 Å². The second-order valence-electron chi connectivity index (χ2n) is 4.61. The zero-order valence-electron chi connectivity index (χ0n) is 11.8. The summed E-state index contributed by atoms with van der Waals surface area (Å²) in [6, 6.07) is 12.1. The molecule has 0 radical (unpaired) electrons. The van der Waals surface area contributed by atoms with Gasteiger partial charge in [-0.2, -0.15) is 0 Å². The number of hydrogen-bond donors (Lipinski definition) is 1. The van der Waals surface area contributed by atoms with Crippen LogP contribution in [0.3, 0.4) is 0 Å². The second kappa shape index (κ2) is 6.15. The molecule has 6 heteroatoms. The first-order valence-corrected chi connectivity index (χ1v) is 7.17. The lowest BCUT2D eigenvalue weighted by Gasteiger charge is -2.11. The Morgan fingerprint density at radius 2 is 2.00 bits per heavy atom. The molecule has 0 fully saturated rings. The monoisotopic (exact) mass is 317 g/mol. The lowest BCUT2D eigenvalue weighted by Crippen LogP contribution is -2.02. The fourth-order valence-electron chi connectivity index (χ4n) is 2.13. The van der Waals surface area contributed by atoms with E-state index in [4.69, 9.17) is 16.3 Å². The number of ether oxygens (including phenoxy) is 1. The molecule has 1 heterocycles. The van der Waals surface area contributed by atoms with Crippen molar-refractivity contribution in [1.82, 2.24) is 9.97 Å². The molecule has 1 aromatic heterocycles. The maximum absolute atomic E-state index is 14.1. The molecule has 3 rings (SSSR count). The van der Waals surface area contributed by atoms with Crippen molar-refractivity contribution in [2.75, 3.05) is 12.4 Å². The minimum atomic E-state index is -0.422. The number of halogens is 2. The molecule has 0 saturated heterocycles. The van der Waals surface area contributed by atoms with E-state index >= 15 is 0 Å². The van der Waals surface area contributed by atoms with Crippen molar-refractivity contribution in [3.63, 3.8) is 0 Å². The molecule has 112 valence electrons. The van der Waals surface area contributed by atoms with E-state index < -0.39 is 5.82 Å². The Balaban J connectivity index is 2.06. The van der Waals surface area contributed by atoms with Gasteiger partial charge in [-0.05, 0) is 24.3 Å². The molecule has 0 atom stereocenters. The fourth-order valence-corrected chi connectivity index (χ4v) is 2.25. The number of hydrogen-bond acceptors (Lipinski definition) is 4. The molecule has 4 nitrogen and oxygen atoms in total. The topological polar surface area (TPSA) is 47.0 Å². The smallest absolute Gasteiger partial charge is 0.150 e. The summed E-state index contributed by atoms with van der Waals surface area (Å²) in [7, 11) is 1.49. The lowest BCUT2D eigenvalue weighted by atomic mass is 10.2. The van der Waals surface area contributed by atoms with Gasteiger partial charge in [0.05, 0.1) is 24.2 Å². The molecule has 0 aliphatic carbocycles. The number of fused-ring (bicyclic) bond motifs is 1. The quantitative estimate of drug-likeness (QED) is 0.730. The zero-order valence-corrected chi connectivity index (χ0v) is 12.6. The molecule has 0 aliphatic heterocycles. The summed E-state index contributed by atoms with van der Waals surface area (Å²) in [5.74, 6) is 1.22. The van der Waals surface area contributed by atoms with Gasteiger partial charge in [0.25, 0.3) is 0 Å². The van der Waals surface area contributed by atoms with Crippen molar-refractivity contribution in [1.29, 1.82) is 0 Å². The van der Waals surface area contributed by atoms with E-state index in [2.05, 4.69) is 15.3 Å². The molecule has 3 aromatic rings. The maximum atomic E-state index is 14.1. The number of nitrogens with one attached hydrogen (secondary N) is 1. The van der Waals surface area contributed by atoms with Gasteiger partial charge in [0.1, 0.15) is 23.2 Å². The number of rotatable bonds is 4. The van der Waals surface area contributed by atoms with E-state index in [1.165, 1.54) is 13.2 Å². The van der Waals surface area contributed by atoms with Crippen LogP contribution in [0, 0.1) is 5.82 Å². The van der Waals surface area contributed by atoms with Crippen LogP contribution in [0.4, 0.5) is 15.9 Å². The van der Waals surface area contributed by atoms with Gasteiger partial charge >= 0.3 is 0 Å². The van der Waals surface area contributed by atoms with Gasteiger partial charge in [0, 0.05) is 11.5 Å². The Bertz CT molecular complexity index is 826. The molecular weight excluding hydrogens is 305 g/mol. The van der Waals surface area contributed by atoms with Crippen LogP contribution in [0.15, 0.2) is 42.5 Å². The average Bonchev–Trinajstić information content (AvgIpc) is 2.56. The first-order valence-electron chi connectivity index (χ1n) is 6.63. The number of nitrogens with zero attached hydrogens (tertiary/aromatic N) is 2. The summed E-state index contributed by atoms with van der Waals surface area (Å²) in [5.41, 5.74) is 1.06. The van der Waals surface area contributed by atoms with Crippen molar-refractivity contribution in [2.45, 2.75) is 5.88 Å². The summed E-state index contributed by atoms with van der Waals surface area (Å²) in [4.78, 5) is 8.70. The Labute approximate surface area is 131 Å². The van der Waals surface area contributed by atoms with Crippen molar-refractivity contribution >= 4 is 34.0 Å². The summed E-state index contributed by atoms with van der Waals surface area (Å²) >= 11 is 5.83. The van der Waals surface area contributed by atoms with E-state index in [0.29, 0.717) is 23.1 Å². The summed E-state index contributed by atoms with van der Waals surface area (Å²) in [5, 5.41) is 3.80. The minimum absolute atomic E-state index is 0.185. The summed E-state index contributed by atoms with van der Waals surface area (Å²) in [6.45, 7) is 0. The molecule has 0 amide bonds. The molecular formula is C16H13ClFN3O. The highest BCUT2D eigenvalue weighted by Crippen LogP contribution is 2.27. The Morgan fingerprint density at radius 3 is 2.73 bits per heavy atom. The minimum Gasteiger partial charge on any atom is -0.497 e. The number of benzene rings is 2. The standard InChI is InChI=1S/C16H13ClFN3O/c1-22-10-6-7-14(12(18)8-10)20-16-11-4-2-3-5-13(11)19-15(9-17)21-16/h2-8H,9H2,1H3,(H,19,20,21). The van der Waals surface area contributed by atoms with Crippen LogP contribution in [0.5, 0.6) is 5.75 Å². The van der Waals surface area contributed by atoms with E-state index in [0.717, 1.165) is 10.9 Å². The van der Waals surface area contributed by atoms with Crippen LogP contribution < -0.4 is 10.1 Å². The van der Waals surface area contributed by atoms with Crippen molar-refractivity contribution in [2.24, 2.45) is 0 Å². The first-order chi connectivity index (χ1) is 10.7. The van der Waals surface area contributed by atoms with E-state index in [1.54, 1.807) is 12.1 Å². The highest BCUT2D eigenvalue weighted by molar-refractivity contribution is 6.16. The maximum Gasteiger partial charge on any atom is 0.150 e. The van der Waals surface area contributed by atoms with E-state index in [1.807, 2.05) is 24.3 Å². The number of methoxy groups -OCH3 is 1. The normalized spacial score (nSPS) is 10.7. The third kappa shape index (κ3) is 2.80. The highest BCUT2D eigenvalue weighted by Gasteiger charge is 2.10. The number of para-hydroxylation sites is 1. The lowest BCUT2D eigenvalue weighted by molar-refractivity contribution is 0.411. The van der Waals surface area contributed by atoms with E-state index in [9.17, 15) is 4.39 Å². The average molecular weight is 318 g/mol. The number of aromatic nitrogens is 2. The van der Waals surface area contributed by atoms with Crippen LogP contribution in [-0.2, 0) is 5.88 Å². The molecule has 0 unspecified atom stereocenters. The predicted octanol–water partition coefficient (Wildman–Crippen LogP) is 4.26. The summed E-state index contributed by atoms with van der Waals surface area (Å²) < 4.78 is 19.1. The summed E-state index contributed by atoms with van der Waals surface area (Å²) in [6.07, 6.45) is 0. The van der Waals surface area contributed by atoms with Crippen LogP contribution in [0.2, 0.25) is 0 Å². The molecule has 0 aliphatic rings. The zero-order chi connectivity index (χ0) is 15.5. The first kappa shape index (κ1) is 14.5. The molecule has 0 spiro atoms. The van der Waals surface area contributed by atoms with Gasteiger partial charge in [-0.15, -0.1) is 11.6 Å². The third-order valence-electron chi connectivity index (χ3n) is 3.20. The molecule has 0 bridgehead atoms. The molecule has 2 aromatic carbocycles. The second-order valence-corrected chi connectivity index (χ2v) is 4.88. The number of anilines is 2. The van der Waals surface area contributed by atoms with Crippen molar-refractivity contribution in [3.8, 4) is 5.75 Å². The Kier molecular flexibility index (Phi) is 4.06. The van der Waals surface area contributed by atoms with Crippen molar-refractivity contribution < 1.29 is 9.13 Å². The fraction of sp³-hybridized carbons (Fsp3) is 0.125. The van der Waals surface area contributed by atoms with E-state index in [-0.39, 0.29) is 5.88 Å². The third-order valence-corrected chi connectivity index (χ3v) is 3.44. The Morgan fingerprint density at radius 1 is 1.18 bits per heavy atom. The van der Waals surface area contributed by atoms with Gasteiger partial charge in [0.15, 0.2) is 0 Å². The van der Waals surface area contributed by atoms with Gasteiger partial charge in [-0.25, -0.2) is 14.4 Å². The van der Waals surface area contributed by atoms with Gasteiger partial charge in [-0.1, -0.05) is 12.1 Å². The van der Waals surface area contributed by atoms with Crippen LogP contribution in [0.25, 0.3) is 10.9 Å². The molecule has 22 heavy (non-hydrogen) atoms. The predicted molar refractivity (Wildman–Crippen MR) is 85.3 cm³/mol. The highest BCUT2D eigenvalue weighted by atomic mass is 35.5. The largest absolute Gasteiger partial charge is 0.497 e. The van der Waals surface area contributed by atoms with Gasteiger partial charge in [0.2, 0.25) is 0 Å². The molecule has 1 N–H and O–H groups in total. The van der Waals surface area contributed by atoms with Gasteiger partial charge in [-0.3, -0.25) is 0 Å². The van der Waals surface area contributed by atoms with Crippen molar-refractivity contribution in [3.05, 3.63) is 54.1 Å². The Hall–Kier alpha value is -2.40. The SMILES string of the molecule is COc1ccc(Nc2nc(CCl)nc3ccccc23)c(F)c1. The molecule has 0 saturated carbocycles. The van der Waals surface area contributed by atoms with Crippen LogP contribution in [-0.4, -0.2) is 17.1 Å². The van der Waals surface area contributed by atoms with Crippen LogP contribution in [0.1, 0.15) is 5.82 Å². The van der Waals surface area contributed by atoms with Gasteiger partial charge < -0.3 is 10.1 Å².